The smallest absolute Gasteiger partial charge is 0.165 e. The van der Waals surface area contributed by atoms with Crippen molar-refractivity contribution in [2.45, 2.75) is 192 Å². The van der Waals surface area contributed by atoms with E-state index in [0.29, 0.717) is 36.5 Å². The molecule has 0 saturated carbocycles. The number of ether oxygens (including phenoxy) is 3. The summed E-state index contributed by atoms with van der Waals surface area (Å²) in [6.45, 7) is 24.8. The average Bonchev–Trinajstić information content (AvgIpc) is 3.09. The molecule has 3 aliphatic rings. The molecule has 45 heavy (non-hydrogen) atoms. The van der Waals surface area contributed by atoms with Crippen LogP contribution in [0, 0.1) is 0 Å². The molecule has 3 heterocycles. The first kappa shape index (κ1) is 36.2. The van der Waals surface area contributed by atoms with Crippen molar-refractivity contribution >= 4 is 0 Å². The summed E-state index contributed by atoms with van der Waals surface area (Å²) < 4.78 is 20.2. The molecular weight excluding hydrogens is 570 g/mol. The van der Waals surface area contributed by atoms with Gasteiger partial charge in [-0.15, -0.1) is 0 Å². The van der Waals surface area contributed by atoms with Gasteiger partial charge in [0.1, 0.15) is 24.1 Å². The van der Waals surface area contributed by atoms with Crippen molar-refractivity contribution in [3.63, 3.8) is 0 Å². The molecule has 3 N–H and O–H groups in total. The molecule has 3 unspecified atom stereocenters. The molecule has 1 aromatic carbocycles. The largest absolute Gasteiger partial charge is 0.490 e. The Labute approximate surface area is 272 Å². The maximum atomic E-state index is 11.1. The molecule has 0 bridgehead atoms. The normalized spacial score (nSPS) is 31.7. The van der Waals surface area contributed by atoms with Crippen molar-refractivity contribution in [1.82, 2.24) is 15.2 Å². The highest BCUT2D eigenvalue weighted by Crippen LogP contribution is 2.43. The summed E-state index contributed by atoms with van der Waals surface area (Å²) >= 11 is 0. The number of rotatable bonds is 6. The summed E-state index contributed by atoms with van der Waals surface area (Å²) in [7, 11) is 0. The van der Waals surface area contributed by atoms with Crippen molar-refractivity contribution in [2.24, 2.45) is 0 Å². The molecule has 0 amide bonds. The Morgan fingerprint density at radius 3 is 1.20 bits per heavy atom. The van der Waals surface area contributed by atoms with Gasteiger partial charge in [-0.3, -0.25) is 0 Å². The molecule has 0 aliphatic carbocycles. The molecule has 3 atom stereocenters. The second kappa shape index (κ2) is 12.4. The average molecular weight is 634 g/mol. The summed E-state index contributed by atoms with van der Waals surface area (Å²) in [4.78, 5) is 0. The zero-order valence-electron chi connectivity index (χ0n) is 30.2. The third kappa shape index (κ3) is 8.10. The van der Waals surface area contributed by atoms with E-state index >= 15 is 0 Å². The van der Waals surface area contributed by atoms with Crippen LogP contribution in [0.3, 0.4) is 0 Å². The van der Waals surface area contributed by atoms with E-state index in [1.807, 2.05) is 18.2 Å². The van der Waals surface area contributed by atoms with Crippen LogP contribution in [0.2, 0.25) is 0 Å². The lowest BCUT2D eigenvalue weighted by Crippen LogP contribution is -2.52. The Hall–Kier alpha value is -1.62. The molecular formula is C36H63N3O6. The van der Waals surface area contributed by atoms with Crippen LogP contribution in [-0.2, 0) is 0 Å². The van der Waals surface area contributed by atoms with Gasteiger partial charge in [0.25, 0.3) is 0 Å². The predicted octanol–water partition coefficient (Wildman–Crippen LogP) is 8.23. The van der Waals surface area contributed by atoms with Gasteiger partial charge in [-0.25, -0.2) is 0 Å². The van der Waals surface area contributed by atoms with E-state index in [9.17, 15) is 15.6 Å². The van der Waals surface area contributed by atoms with E-state index < -0.39 is 16.6 Å². The standard InChI is InChI=1S/C36H63N3O6/c1-31(2)18-15-26(22-34(7,8)37(31)40)43-25-13-14-29(44-27-16-19-32(3,4)38(41)35(9,10)23-27)30(21-25)45-28-17-20-33(5,6)39(42)36(11,12)24-28/h13-14,21,26-28,40-42H,15-20,22-24H2,1-12H3. The molecule has 1 aromatic rings. The summed E-state index contributed by atoms with van der Waals surface area (Å²) in [5.41, 5.74) is -2.46. The highest BCUT2D eigenvalue weighted by molar-refractivity contribution is 5.46. The van der Waals surface area contributed by atoms with E-state index in [1.54, 1.807) is 0 Å². The monoisotopic (exact) mass is 633 g/mol. The summed E-state index contributed by atoms with van der Waals surface area (Å²) in [6.07, 6.45) is 6.50. The Morgan fingerprint density at radius 1 is 0.489 bits per heavy atom. The molecule has 3 saturated heterocycles. The Balaban J connectivity index is 1.64. The first-order valence-corrected chi connectivity index (χ1v) is 17.1. The Morgan fingerprint density at radius 2 is 0.822 bits per heavy atom. The molecule has 3 aliphatic heterocycles. The lowest BCUT2D eigenvalue weighted by molar-refractivity contribution is -0.222. The first-order chi connectivity index (χ1) is 20.5. The summed E-state index contributed by atoms with van der Waals surface area (Å²) in [6, 6.07) is 5.87. The van der Waals surface area contributed by atoms with Gasteiger partial charge in [-0.1, -0.05) is 0 Å². The second-order valence-corrected chi connectivity index (χ2v) is 17.9. The minimum atomic E-state index is -0.476. The van der Waals surface area contributed by atoms with E-state index in [1.165, 1.54) is 15.2 Å². The van der Waals surface area contributed by atoms with Gasteiger partial charge in [0.15, 0.2) is 11.5 Å². The Kier molecular flexibility index (Phi) is 10.0. The van der Waals surface area contributed by atoms with Crippen molar-refractivity contribution in [3.8, 4) is 17.2 Å². The molecule has 0 radical (unpaired) electrons. The van der Waals surface area contributed by atoms with Gasteiger partial charge < -0.3 is 29.8 Å². The van der Waals surface area contributed by atoms with Crippen LogP contribution in [0.4, 0.5) is 0 Å². The fourth-order valence-corrected chi connectivity index (χ4v) is 8.16. The molecule has 9 nitrogen and oxygen atoms in total. The number of hydrogen-bond donors (Lipinski definition) is 3. The molecule has 3 fully saturated rings. The van der Waals surface area contributed by atoms with Crippen LogP contribution >= 0.6 is 0 Å². The topological polar surface area (TPSA) is 98.1 Å². The molecule has 0 aromatic heterocycles. The zero-order valence-corrected chi connectivity index (χ0v) is 30.2. The number of hydroxylamine groups is 6. The van der Waals surface area contributed by atoms with Gasteiger partial charge in [0.2, 0.25) is 0 Å². The van der Waals surface area contributed by atoms with Gasteiger partial charge in [0.05, 0.1) is 0 Å². The number of nitrogens with zero attached hydrogens (tertiary/aromatic N) is 3. The summed E-state index contributed by atoms with van der Waals surface area (Å²) in [5.74, 6) is 2.01. The quantitative estimate of drug-likeness (QED) is 0.286. The Bertz CT molecular complexity index is 1180. The fraction of sp³-hybridized carbons (Fsp3) is 0.833. The fourth-order valence-electron chi connectivity index (χ4n) is 8.16. The van der Waals surface area contributed by atoms with E-state index in [-0.39, 0.29) is 34.9 Å². The van der Waals surface area contributed by atoms with Crippen LogP contribution in [0.5, 0.6) is 17.2 Å². The van der Waals surface area contributed by atoms with E-state index in [0.717, 1.165) is 38.5 Å². The minimum Gasteiger partial charge on any atom is -0.490 e. The number of hydrogen-bond acceptors (Lipinski definition) is 9. The van der Waals surface area contributed by atoms with Gasteiger partial charge in [-0.05, 0) is 134 Å². The van der Waals surface area contributed by atoms with Crippen LogP contribution in [0.25, 0.3) is 0 Å². The summed E-state index contributed by atoms with van der Waals surface area (Å²) in [5, 5.41) is 37.6. The molecule has 0 spiro atoms. The van der Waals surface area contributed by atoms with Crippen molar-refractivity contribution < 1.29 is 29.8 Å². The maximum Gasteiger partial charge on any atom is 0.165 e. The van der Waals surface area contributed by atoms with Crippen LogP contribution < -0.4 is 14.2 Å². The van der Waals surface area contributed by atoms with Crippen molar-refractivity contribution in [3.05, 3.63) is 18.2 Å². The van der Waals surface area contributed by atoms with Gasteiger partial charge in [-0.2, -0.15) is 15.2 Å². The van der Waals surface area contributed by atoms with Crippen molar-refractivity contribution in [2.75, 3.05) is 0 Å². The van der Waals surface area contributed by atoms with E-state index in [2.05, 4.69) is 83.1 Å². The van der Waals surface area contributed by atoms with Crippen LogP contribution in [-0.4, -0.2) is 82.4 Å². The highest BCUT2D eigenvalue weighted by atomic mass is 16.5. The van der Waals surface area contributed by atoms with E-state index in [4.69, 9.17) is 14.2 Å². The molecule has 4 rings (SSSR count). The minimum absolute atomic E-state index is 0.0722. The predicted molar refractivity (Wildman–Crippen MR) is 177 cm³/mol. The number of benzene rings is 1. The van der Waals surface area contributed by atoms with Crippen molar-refractivity contribution in [1.29, 1.82) is 0 Å². The third-order valence-electron chi connectivity index (χ3n) is 10.7. The van der Waals surface area contributed by atoms with Crippen LogP contribution in [0.1, 0.15) is 141 Å². The van der Waals surface area contributed by atoms with Gasteiger partial charge in [0, 0.05) is 58.6 Å². The second-order valence-electron chi connectivity index (χ2n) is 17.9. The van der Waals surface area contributed by atoms with Crippen LogP contribution in [0.15, 0.2) is 18.2 Å². The molecule has 9 heteroatoms. The van der Waals surface area contributed by atoms with Gasteiger partial charge >= 0.3 is 0 Å². The lowest BCUT2D eigenvalue weighted by Gasteiger charge is -2.42. The highest BCUT2D eigenvalue weighted by Gasteiger charge is 2.45. The lowest BCUT2D eigenvalue weighted by atomic mass is 9.95. The third-order valence-corrected chi connectivity index (χ3v) is 10.7. The maximum absolute atomic E-state index is 11.1. The SMILES string of the molecule is CC1(C)CCC(Oc2ccc(OC3CCC(C)(C)N(O)C(C)(C)C3)c(OC3CCC(C)(C)N(O)C(C)(C)C3)c2)CC(C)(C)N1O. The molecule has 258 valence electrons. The zero-order chi connectivity index (χ0) is 33.8. The first-order valence-electron chi connectivity index (χ1n) is 17.1.